The quantitative estimate of drug-likeness (QED) is 0.242. The SMILES string of the molecule is Bc1ccc(-c2nnc(CO/N=C(C3=CCCC=C3)\C(=N\N)N(C)N)o2)cc1. The first-order valence-electron chi connectivity index (χ1n) is 8.81. The highest BCUT2D eigenvalue weighted by molar-refractivity contribution is 6.47. The number of hydrogen-bond donors (Lipinski definition) is 2. The molecule has 0 spiro atoms. The van der Waals surface area contributed by atoms with E-state index in [0.29, 0.717) is 23.3 Å². The van der Waals surface area contributed by atoms with Crippen molar-refractivity contribution in [3.05, 3.63) is 54.0 Å². The van der Waals surface area contributed by atoms with Crippen molar-refractivity contribution in [3.8, 4) is 11.5 Å². The monoisotopic (exact) mass is 379 g/mol. The smallest absolute Gasteiger partial charge is 0.257 e. The average Bonchev–Trinajstić information content (AvgIpc) is 3.17. The van der Waals surface area contributed by atoms with Crippen LogP contribution < -0.4 is 17.1 Å². The molecule has 1 aliphatic rings. The summed E-state index contributed by atoms with van der Waals surface area (Å²) in [6.07, 6.45) is 7.86. The average molecular weight is 379 g/mol. The fourth-order valence-electron chi connectivity index (χ4n) is 2.61. The van der Waals surface area contributed by atoms with Crippen LogP contribution in [0.15, 0.2) is 62.7 Å². The number of benzene rings is 1. The van der Waals surface area contributed by atoms with Crippen LogP contribution in [-0.4, -0.2) is 41.6 Å². The van der Waals surface area contributed by atoms with E-state index in [4.69, 9.17) is 20.9 Å². The third-order valence-corrected chi connectivity index (χ3v) is 4.05. The summed E-state index contributed by atoms with van der Waals surface area (Å²) in [5.74, 6) is 12.3. The van der Waals surface area contributed by atoms with E-state index in [-0.39, 0.29) is 6.61 Å². The van der Waals surface area contributed by atoms with Crippen LogP contribution in [0.3, 0.4) is 0 Å². The van der Waals surface area contributed by atoms with Crippen molar-refractivity contribution in [2.24, 2.45) is 21.9 Å². The Kier molecular flexibility index (Phi) is 6.23. The Morgan fingerprint density at radius 3 is 2.71 bits per heavy atom. The Morgan fingerprint density at radius 2 is 2.07 bits per heavy atom. The highest BCUT2D eigenvalue weighted by atomic mass is 16.6. The van der Waals surface area contributed by atoms with E-state index in [9.17, 15) is 0 Å². The van der Waals surface area contributed by atoms with Gasteiger partial charge in [-0.3, -0.25) is 5.01 Å². The van der Waals surface area contributed by atoms with Gasteiger partial charge in [-0.05, 0) is 12.8 Å². The highest BCUT2D eigenvalue weighted by Crippen LogP contribution is 2.17. The second-order valence-corrected chi connectivity index (χ2v) is 6.28. The van der Waals surface area contributed by atoms with Gasteiger partial charge in [-0.2, -0.15) is 5.10 Å². The first-order valence-corrected chi connectivity index (χ1v) is 8.81. The van der Waals surface area contributed by atoms with Gasteiger partial charge >= 0.3 is 0 Å². The van der Waals surface area contributed by atoms with Gasteiger partial charge in [0, 0.05) is 18.2 Å². The summed E-state index contributed by atoms with van der Waals surface area (Å²) >= 11 is 0. The molecule has 0 radical (unpaired) electrons. The second kappa shape index (κ2) is 9.00. The molecule has 1 aromatic heterocycles. The predicted molar refractivity (Wildman–Crippen MR) is 110 cm³/mol. The van der Waals surface area contributed by atoms with Crippen LogP contribution >= 0.6 is 0 Å². The van der Waals surface area contributed by atoms with E-state index >= 15 is 0 Å². The molecule has 0 fully saturated rings. The van der Waals surface area contributed by atoms with Crippen LogP contribution in [0.2, 0.25) is 0 Å². The zero-order chi connectivity index (χ0) is 19.9. The molecular formula is C18H22BN7O2. The number of nitrogens with two attached hydrogens (primary N) is 2. The molecule has 0 saturated carbocycles. The summed E-state index contributed by atoms with van der Waals surface area (Å²) in [4.78, 5) is 5.43. The fourth-order valence-corrected chi connectivity index (χ4v) is 2.61. The van der Waals surface area contributed by atoms with Gasteiger partial charge in [-0.15, -0.1) is 10.2 Å². The molecule has 4 N–H and O–H groups in total. The molecule has 1 aliphatic carbocycles. The predicted octanol–water partition coefficient (Wildman–Crippen LogP) is 0.222. The van der Waals surface area contributed by atoms with Crippen molar-refractivity contribution in [1.29, 1.82) is 0 Å². The van der Waals surface area contributed by atoms with Gasteiger partial charge in [0.2, 0.25) is 5.89 Å². The van der Waals surface area contributed by atoms with Crippen LogP contribution in [0.1, 0.15) is 18.7 Å². The van der Waals surface area contributed by atoms with Crippen molar-refractivity contribution in [3.63, 3.8) is 0 Å². The van der Waals surface area contributed by atoms with Crippen molar-refractivity contribution in [2.75, 3.05) is 7.05 Å². The molecular weight excluding hydrogens is 357 g/mol. The van der Waals surface area contributed by atoms with Crippen LogP contribution in [0.25, 0.3) is 11.5 Å². The topological polar surface area (TPSA) is 128 Å². The lowest BCUT2D eigenvalue weighted by Gasteiger charge is -2.17. The van der Waals surface area contributed by atoms with Crippen LogP contribution in [0.5, 0.6) is 0 Å². The third kappa shape index (κ3) is 4.66. The lowest BCUT2D eigenvalue weighted by Crippen LogP contribution is -2.40. The van der Waals surface area contributed by atoms with E-state index in [1.165, 1.54) is 5.01 Å². The minimum absolute atomic E-state index is 0.00545. The van der Waals surface area contributed by atoms with E-state index < -0.39 is 0 Å². The van der Waals surface area contributed by atoms with E-state index in [1.807, 2.05) is 50.3 Å². The van der Waals surface area contributed by atoms with Crippen molar-refractivity contribution in [2.45, 2.75) is 19.4 Å². The maximum atomic E-state index is 5.81. The molecule has 28 heavy (non-hydrogen) atoms. The lowest BCUT2D eigenvalue weighted by molar-refractivity contribution is 0.112. The number of amidine groups is 1. The summed E-state index contributed by atoms with van der Waals surface area (Å²) in [5, 5.41) is 17.2. The first-order chi connectivity index (χ1) is 13.6. The number of nitrogens with zero attached hydrogens (tertiary/aromatic N) is 5. The molecule has 0 atom stereocenters. The number of allylic oxidation sites excluding steroid dienone is 3. The van der Waals surface area contributed by atoms with Gasteiger partial charge in [0.15, 0.2) is 18.2 Å². The van der Waals surface area contributed by atoms with Gasteiger partial charge in [-0.25, -0.2) is 5.84 Å². The Hall–Kier alpha value is -3.40. The number of rotatable bonds is 6. The molecule has 9 nitrogen and oxygen atoms in total. The molecule has 144 valence electrons. The number of hydrazone groups is 1. The number of aromatic nitrogens is 2. The first kappa shape index (κ1) is 19.4. The lowest BCUT2D eigenvalue weighted by atomic mass is 9.95. The minimum atomic E-state index is 0.00545. The molecule has 0 bridgehead atoms. The Labute approximate surface area is 163 Å². The van der Waals surface area contributed by atoms with E-state index in [1.54, 1.807) is 7.05 Å². The fraction of sp³-hybridized carbons (Fsp3) is 0.222. The summed E-state index contributed by atoms with van der Waals surface area (Å²) in [7, 11) is 3.64. The molecule has 3 rings (SSSR count). The van der Waals surface area contributed by atoms with E-state index in [0.717, 1.165) is 29.4 Å². The molecule has 1 heterocycles. The minimum Gasteiger partial charge on any atom is -0.417 e. The maximum Gasteiger partial charge on any atom is 0.257 e. The Balaban J connectivity index is 1.74. The van der Waals surface area contributed by atoms with Crippen LogP contribution in [0, 0.1) is 0 Å². The number of hydrazine groups is 1. The number of oxime groups is 1. The summed E-state index contributed by atoms with van der Waals surface area (Å²) in [6, 6.07) is 7.81. The summed E-state index contributed by atoms with van der Waals surface area (Å²) in [5.41, 5.74) is 3.26. The van der Waals surface area contributed by atoms with Crippen molar-refractivity contribution >= 4 is 24.9 Å². The maximum absolute atomic E-state index is 5.81. The number of hydrogen-bond acceptors (Lipinski definition) is 8. The zero-order valence-corrected chi connectivity index (χ0v) is 15.9. The molecule has 10 heteroatoms. The Bertz CT molecular complexity index is 930. The van der Waals surface area contributed by atoms with Crippen molar-refractivity contribution in [1.82, 2.24) is 15.2 Å². The summed E-state index contributed by atoms with van der Waals surface area (Å²) in [6.45, 7) is 0.00545. The van der Waals surface area contributed by atoms with Crippen LogP contribution in [0.4, 0.5) is 0 Å². The Morgan fingerprint density at radius 1 is 1.29 bits per heavy atom. The highest BCUT2D eigenvalue weighted by Gasteiger charge is 2.18. The molecule has 1 aromatic carbocycles. The van der Waals surface area contributed by atoms with Crippen LogP contribution in [-0.2, 0) is 11.4 Å². The third-order valence-electron chi connectivity index (χ3n) is 4.05. The second-order valence-electron chi connectivity index (χ2n) is 6.28. The summed E-state index contributed by atoms with van der Waals surface area (Å²) < 4.78 is 5.64. The van der Waals surface area contributed by atoms with Gasteiger partial charge in [-0.1, -0.05) is 53.1 Å². The van der Waals surface area contributed by atoms with Gasteiger partial charge in [0.25, 0.3) is 5.89 Å². The van der Waals surface area contributed by atoms with E-state index in [2.05, 4.69) is 20.5 Å². The molecule has 2 aromatic rings. The molecule has 0 aliphatic heterocycles. The van der Waals surface area contributed by atoms with Crippen molar-refractivity contribution < 1.29 is 9.25 Å². The normalized spacial score (nSPS) is 14.7. The molecule has 0 unspecified atom stereocenters. The molecule has 0 amide bonds. The standard InChI is InChI=1S/C18H22BN7O2/c1-26(21)17(22-20)16(12-5-3-2-4-6-12)25-27-11-15-23-24-18(28-15)13-7-9-14(19)10-8-13/h3,5-10H,2,4,11,19-21H2,1H3/b22-17-,25-16-. The van der Waals surface area contributed by atoms with Gasteiger partial charge in [0.05, 0.1) is 0 Å². The van der Waals surface area contributed by atoms with Gasteiger partial charge < -0.3 is 15.1 Å². The van der Waals surface area contributed by atoms with Gasteiger partial charge in [0.1, 0.15) is 7.85 Å². The molecule has 0 saturated heterocycles. The zero-order valence-electron chi connectivity index (χ0n) is 15.9. The largest absolute Gasteiger partial charge is 0.417 e.